The fraction of sp³-hybridized carbons (Fsp3) is 0.300. The number of ether oxygens (including phenoxy) is 2. The fourth-order valence-electron chi connectivity index (χ4n) is 2.64. The number of esters is 1. The van der Waals surface area contributed by atoms with Crippen molar-refractivity contribution in [1.82, 2.24) is 4.72 Å². The fourth-order valence-corrected chi connectivity index (χ4v) is 3.56. The number of rotatable bonds is 7. The molecule has 0 heterocycles. The zero-order valence-electron chi connectivity index (χ0n) is 16.9. The third kappa shape index (κ3) is 5.12. The third-order valence-corrected chi connectivity index (χ3v) is 5.78. The van der Waals surface area contributed by atoms with Crippen molar-refractivity contribution in [1.29, 1.82) is 0 Å². The molecule has 1 atom stereocenters. The maximum Gasteiger partial charge on any atom is 0.338 e. The minimum absolute atomic E-state index is 0.0219. The Morgan fingerprint density at radius 3 is 2.24 bits per heavy atom. The van der Waals surface area contributed by atoms with Gasteiger partial charge in [0.15, 0.2) is 6.10 Å². The summed E-state index contributed by atoms with van der Waals surface area (Å²) in [4.78, 5) is 24.7. The van der Waals surface area contributed by atoms with Crippen molar-refractivity contribution in [3.63, 3.8) is 0 Å². The lowest BCUT2D eigenvalue weighted by Gasteiger charge is -2.16. The third-order valence-electron chi connectivity index (χ3n) is 4.34. The lowest BCUT2D eigenvalue weighted by Crippen LogP contribution is -2.30. The van der Waals surface area contributed by atoms with Gasteiger partial charge in [-0.25, -0.2) is 17.9 Å². The maximum atomic E-state index is 12.5. The number of benzene rings is 2. The maximum absolute atomic E-state index is 12.5. The highest BCUT2D eigenvalue weighted by Crippen LogP contribution is 2.25. The molecule has 2 rings (SSSR count). The second kappa shape index (κ2) is 9.06. The van der Waals surface area contributed by atoms with E-state index in [1.54, 1.807) is 0 Å². The van der Waals surface area contributed by atoms with Crippen molar-refractivity contribution in [3.8, 4) is 5.75 Å². The van der Waals surface area contributed by atoms with Crippen LogP contribution in [0.3, 0.4) is 0 Å². The molecule has 2 aromatic rings. The molecule has 0 aromatic heterocycles. The van der Waals surface area contributed by atoms with Gasteiger partial charge in [-0.05, 0) is 57.1 Å². The summed E-state index contributed by atoms with van der Waals surface area (Å²) in [5, 5.41) is 2.76. The minimum Gasteiger partial charge on any atom is -0.495 e. The first-order valence-electron chi connectivity index (χ1n) is 8.80. The van der Waals surface area contributed by atoms with Crippen LogP contribution >= 0.6 is 0 Å². The molecule has 8 nitrogen and oxygen atoms in total. The van der Waals surface area contributed by atoms with E-state index in [0.29, 0.717) is 5.69 Å². The summed E-state index contributed by atoms with van der Waals surface area (Å²) in [5.74, 6) is -1.24. The Morgan fingerprint density at radius 1 is 1.07 bits per heavy atom. The molecule has 0 spiro atoms. The number of carbonyl (C=O) groups is 2. The molecular weight excluding hydrogens is 396 g/mol. The van der Waals surface area contributed by atoms with Crippen LogP contribution in [-0.2, 0) is 19.6 Å². The lowest BCUT2D eigenvalue weighted by molar-refractivity contribution is -0.123. The summed E-state index contributed by atoms with van der Waals surface area (Å²) in [6, 6.07) is 9.46. The molecule has 0 aliphatic rings. The molecule has 29 heavy (non-hydrogen) atoms. The van der Waals surface area contributed by atoms with Gasteiger partial charge in [-0.3, -0.25) is 4.79 Å². The Labute approximate surface area is 170 Å². The molecule has 0 aliphatic carbocycles. The largest absolute Gasteiger partial charge is 0.495 e. The van der Waals surface area contributed by atoms with E-state index in [9.17, 15) is 18.0 Å². The molecule has 1 amide bonds. The zero-order valence-corrected chi connectivity index (χ0v) is 17.7. The molecule has 0 bridgehead atoms. The quantitative estimate of drug-likeness (QED) is 0.666. The molecule has 0 radical (unpaired) electrons. The summed E-state index contributed by atoms with van der Waals surface area (Å²) in [5.41, 5.74) is 2.40. The summed E-state index contributed by atoms with van der Waals surface area (Å²) in [6.07, 6.45) is -1.09. The van der Waals surface area contributed by atoms with Gasteiger partial charge in [0.05, 0.1) is 12.7 Å². The molecule has 0 aliphatic heterocycles. The van der Waals surface area contributed by atoms with E-state index in [-0.39, 0.29) is 16.2 Å². The van der Waals surface area contributed by atoms with Gasteiger partial charge >= 0.3 is 5.97 Å². The van der Waals surface area contributed by atoms with Crippen molar-refractivity contribution in [2.75, 3.05) is 19.5 Å². The SMILES string of the molecule is CNS(=O)(=O)c1cc(C(=O)O[C@H](C)C(=O)Nc2c(C)cccc2C)ccc1OC. The number of hydrogen-bond acceptors (Lipinski definition) is 6. The van der Waals surface area contributed by atoms with Gasteiger partial charge in [0, 0.05) is 5.69 Å². The molecular formula is C20H24N2O6S. The van der Waals surface area contributed by atoms with Crippen molar-refractivity contribution >= 4 is 27.6 Å². The number of sulfonamides is 1. The van der Waals surface area contributed by atoms with Crippen LogP contribution in [0.2, 0.25) is 0 Å². The second-order valence-corrected chi connectivity index (χ2v) is 8.23. The van der Waals surface area contributed by atoms with Gasteiger partial charge < -0.3 is 14.8 Å². The van der Waals surface area contributed by atoms with Crippen LogP contribution in [0.15, 0.2) is 41.3 Å². The Bertz CT molecular complexity index is 1010. The number of carbonyl (C=O) groups excluding carboxylic acids is 2. The summed E-state index contributed by atoms with van der Waals surface area (Å²) >= 11 is 0. The van der Waals surface area contributed by atoms with E-state index in [2.05, 4.69) is 10.0 Å². The highest BCUT2D eigenvalue weighted by Gasteiger charge is 2.24. The summed E-state index contributed by atoms with van der Waals surface area (Å²) in [6.45, 7) is 5.16. The monoisotopic (exact) mass is 420 g/mol. The normalized spacial score (nSPS) is 12.2. The highest BCUT2D eigenvalue weighted by molar-refractivity contribution is 7.89. The molecule has 156 valence electrons. The minimum atomic E-state index is -3.85. The Hall–Kier alpha value is -2.91. The number of hydrogen-bond donors (Lipinski definition) is 2. The molecule has 0 saturated carbocycles. The molecule has 0 fully saturated rings. The van der Waals surface area contributed by atoms with Gasteiger partial charge in [0.1, 0.15) is 10.6 Å². The van der Waals surface area contributed by atoms with Crippen molar-refractivity contribution in [2.45, 2.75) is 31.8 Å². The van der Waals surface area contributed by atoms with E-state index in [1.807, 2.05) is 32.0 Å². The molecule has 0 saturated heterocycles. The average molecular weight is 420 g/mol. The van der Waals surface area contributed by atoms with E-state index in [4.69, 9.17) is 9.47 Å². The predicted octanol–water partition coefficient (Wildman–Crippen LogP) is 2.40. The van der Waals surface area contributed by atoms with Crippen molar-refractivity contribution in [2.24, 2.45) is 0 Å². The van der Waals surface area contributed by atoms with E-state index in [1.165, 1.54) is 33.2 Å². The van der Waals surface area contributed by atoms with Crippen molar-refractivity contribution in [3.05, 3.63) is 53.1 Å². The van der Waals surface area contributed by atoms with Crippen LogP contribution in [0, 0.1) is 13.8 Å². The predicted molar refractivity (Wildman–Crippen MR) is 109 cm³/mol. The number of anilines is 1. The smallest absolute Gasteiger partial charge is 0.338 e. The first kappa shape index (κ1) is 22.4. The Morgan fingerprint density at radius 2 is 1.69 bits per heavy atom. The van der Waals surface area contributed by atoms with Gasteiger partial charge in [-0.15, -0.1) is 0 Å². The number of para-hydroxylation sites is 1. The standard InChI is InChI=1S/C20H24N2O6S/c1-12-7-6-8-13(2)18(12)22-19(23)14(3)28-20(24)15-9-10-16(27-5)17(11-15)29(25,26)21-4/h6-11,14,21H,1-5H3,(H,22,23)/t14-/m1/s1. The molecule has 2 aromatic carbocycles. The van der Waals surface area contributed by atoms with E-state index >= 15 is 0 Å². The molecule has 0 unspecified atom stereocenters. The number of amides is 1. The molecule has 9 heteroatoms. The number of aryl methyl sites for hydroxylation is 2. The van der Waals surface area contributed by atoms with Crippen LogP contribution in [0.1, 0.15) is 28.4 Å². The second-order valence-electron chi connectivity index (χ2n) is 6.38. The lowest BCUT2D eigenvalue weighted by atomic mass is 10.1. The number of nitrogens with one attached hydrogen (secondary N) is 2. The van der Waals surface area contributed by atoms with Crippen LogP contribution in [-0.4, -0.2) is 40.6 Å². The van der Waals surface area contributed by atoms with E-state index < -0.39 is 28.0 Å². The van der Waals surface area contributed by atoms with Crippen LogP contribution < -0.4 is 14.8 Å². The average Bonchev–Trinajstić information content (AvgIpc) is 2.69. The van der Waals surface area contributed by atoms with Gasteiger partial charge in [0.2, 0.25) is 10.0 Å². The Kier molecular flexibility index (Phi) is 6.99. The van der Waals surface area contributed by atoms with E-state index in [0.717, 1.165) is 17.2 Å². The van der Waals surface area contributed by atoms with Crippen LogP contribution in [0.25, 0.3) is 0 Å². The number of methoxy groups -OCH3 is 1. The van der Waals surface area contributed by atoms with Gasteiger partial charge in [0.25, 0.3) is 5.91 Å². The first-order chi connectivity index (χ1) is 13.6. The topological polar surface area (TPSA) is 111 Å². The van der Waals surface area contributed by atoms with Gasteiger partial charge in [-0.2, -0.15) is 0 Å². The first-order valence-corrected chi connectivity index (χ1v) is 10.3. The summed E-state index contributed by atoms with van der Waals surface area (Å²) < 4.78 is 36.7. The van der Waals surface area contributed by atoms with Crippen LogP contribution in [0.4, 0.5) is 5.69 Å². The highest BCUT2D eigenvalue weighted by atomic mass is 32.2. The zero-order chi connectivity index (χ0) is 21.8. The van der Waals surface area contributed by atoms with Crippen LogP contribution in [0.5, 0.6) is 5.75 Å². The Balaban J connectivity index is 2.19. The van der Waals surface area contributed by atoms with Gasteiger partial charge in [-0.1, -0.05) is 18.2 Å². The summed E-state index contributed by atoms with van der Waals surface area (Å²) in [7, 11) is -1.28. The molecule has 2 N–H and O–H groups in total. The van der Waals surface area contributed by atoms with Crippen molar-refractivity contribution < 1.29 is 27.5 Å².